The summed E-state index contributed by atoms with van der Waals surface area (Å²) in [5, 5.41) is 2.26. The van der Waals surface area contributed by atoms with Crippen molar-refractivity contribution in [2.75, 3.05) is 0 Å². The van der Waals surface area contributed by atoms with Crippen LogP contribution >= 0.6 is 0 Å². The summed E-state index contributed by atoms with van der Waals surface area (Å²) in [6, 6.07) is 52.9. The number of hydrogen-bond donors (Lipinski definition) is 0. The molecule has 0 atom stereocenters. The summed E-state index contributed by atoms with van der Waals surface area (Å²) >= 11 is 0. The molecular weight excluding hydrogens is 548 g/mol. The van der Waals surface area contributed by atoms with Crippen molar-refractivity contribution in [3.05, 3.63) is 158 Å². The summed E-state index contributed by atoms with van der Waals surface area (Å²) in [5.41, 5.74) is 13.0. The predicted molar refractivity (Wildman–Crippen MR) is 185 cm³/mol. The third-order valence-corrected chi connectivity index (χ3v) is 8.64. The van der Waals surface area contributed by atoms with Crippen LogP contribution in [0.2, 0.25) is 0 Å². The van der Waals surface area contributed by atoms with Crippen LogP contribution in [0.1, 0.15) is 0 Å². The fourth-order valence-corrected chi connectivity index (χ4v) is 6.53. The van der Waals surface area contributed by atoms with Gasteiger partial charge in [-0.1, -0.05) is 121 Å². The lowest BCUT2D eigenvalue weighted by atomic mass is 9.97. The number of benzene rings is 6. The van der Waals surface area contributed by atoms with Crippen LogP contribution in [0, 0.1) is 0 Å². The highest BCUT2D eigenvalue weighted by atomic mass is 14.9. The van der Waals surface area contributed by atoms with Gasteiger partial charge >= 0.3 is 0 Å². The first-order valence-electron chi connectivity index (χ1n) is 15.1. The highest BCUT2D eigenvalue weighted by molar-refractivity contribution is 6.08. The number of nitrogens with zero attached hydrogens (tertiary/aromatic N) is 4. The molecule has 0 unspecified atom stereocenters. The number of hydrogen-bond acceptors (Lipinski definition) is 3. The minimum absolute atomic E-state index is 0.722. The zero-order chi connectivity index (χ0) is 29.7. The van der Waals surface area contributed by atoms with Gasteiger partial charge in [0.05, 0.1) is 39.5 Å². The minimum Gasteiger partial charge on any atom is -0.306 e. The maximum absolute atomic E-state index is 5.05. The maximum Gasteiger partial charge on any atom is 0.160 e. The van der Waals surface area contributed by atoms with Crippen molar-refractivity contribution in [3.8, 4) is 44.9 Å². The van der Waals surface area contributed by atoms with Crippen LogP contribution in [0.15, 0.2) is 158 Å². The average Bonchev–Trinajstić information content (AvgIpc) is 3.46. The van der Waals surface area contributed by atoms with Crippen LogP contribution in [0.4, 0.5) is 0 Å². The fourth-order valence-electron chi connectivity index (χ4n) is 6.53. The van der Waals surface area contributed by atoms with Gasteiger partial charge in [-0.3, -0.25) is 4.98 Å². The highest BCUT2D eigenvalue weighted by Crippen LogP contribution is 2.38. The van der Waals surface area contributed by atoms with Gasteiger partial charge in [0.1, 0.15) is 0 Å². The quantitative estimate of drug-likeness (QED) is 0.210. The Morgan fingerprint density at radius 3 is 1.89 bits per heavy atom. The zero-order valence-corrected chi connectivity index (χ0v) is 24.3. The first-order valence-corrected chi connectivity index (χ1v) is 15.1. The van der Waals surface area contributed by atoms with E-state index >= 15 is 0 Å². The van der Waals surface area contributed by atoms with E-state index in [0.29, 0.717) is 0 Å². The third-order valence-electron chi connectivity index (χ3n) is 8.64. The van der Waals surface area contributed by atoms with Gasteiger partial charge in [-0.05, 0) is 47.0 Å². The molecule has 4 nitrogen and oxygen atoms in total. The molecule has 0 saturated carbocycles. The van der Waals surface area contributed by atoms with E-state index in [0.717, 1.165) is 66.8 Å². The molecule has 0 aliphatic rings. The molecule has 3 heterocycles. The molecule has 9 rings (SSSR count). The number of aromatic nitrogens is 4. The molecule has 0 amide bonds. The van der Waals surface area contributed by atoms with Crippen molar-refractivity contribution < 1.29 is 0 Å². The van der Waals surface area contributed by atoms with Crippen LogP contribution in [0.3, 0.4) is 0 Å². The van der Waals surface area contributed by atoms with E-state index in [9.17, 15) is 0 Å². The van der Waals surface area contributed by atoms with Crippen molar-refractivity contribution in [2.45, 2.75) is 0 Å². The van der Waals surface area contributed by atoms with Crippen LogP contribution in [-0.4, -0.2) is 19.4 Å². The van der Waals surface area contributed by atoms with Gasteiger partial charge in [-0.25, -0.2) is 9.97 Å². The molecule has 0 spiro atoms. The molecule has 0 saturated heterocycles. The first-order chi connectivity index (χ1) is 22.3. The van der Waals surface area contributed by atoms with Gasteiger partial charge in [0, 0.05) is 27.5 Å². The lowest BCUT2D eigenvalue weighted by Gasteiger charge is -2.10. The topological polar surface area (TPSA) is 43.1 Å². The van der Waals surface area contributed by atoms with Crippen molar-refractivity contribution in [2.24, 2.45) is 0 Å². The van der Waals surface area contributed by atoms with Gasteiger partial charge in [-0.2, -0.15) is 0 Å². The summed E-state index contributed by atoms with van der Waals surface area (Å²) in [5.74, 6) is 0.722. The Hall–Kier alpha value is -6.13. The predicted octanol–water partition coefficient (Wildman–Crippen LogP) is 10.3. The second-order valence-corrected chi connectivity index (χ2v) is 11.3. The fraction of sp³-hybridized carbons (Fsp3) is 0. The molecule has 9 aromatic rings. The van der Waals surface area contributed by atoms with Crippen molar-refractivity contribution in [1.82, 2.24) is 19.4 Å². The number of fused-ring (bicyclic) bond motifs is 6. The van der Waals surface area contributed by atoms with Gasteiger partial charge in [-0.15, -0.1) is 0 Å². The van der Waals surface area contributed by atoms with E-state index in [2.05, 4.69) is 120 Å². The summed E-state index contributed by atoms with van der Waals surface area (Å²) in [7, 11) is 0. The molecule has 4 heteroatoms. The lowest BCUT2D eigenvalue weighted by Crippen LogP contribution is -1.95. The molecule has 0 bridgehead atoms. The molecular formula is C41H26N4. The van der Waals surface area contributed by atoms with Crippen LogP contribution in [0.5, 0.6) is 0 Å². The summed E-state index contributed by atoms with van der Waals surface area (Å²) in [6.45, 7) is 0. The summed E-state index contributed by atoms with van der Waals surface area (Å²) < 4.78 is 2.34. The normalized spacial score (nSPS) is 11.6. The summed E-state index contributed by atoms with van der Waals surface area (Å²) in [4.78, 5) is 14.8. The Morgan fingerprint density at radius 1 is 0.400 bits per heavy atom. The SMILES string of the molecule is c1ccc(-c2nc(-c3ccc(-c4cccc(-c5c6ccccc6n6c5cnc5ccccc56)c4)cc3)nc3ccccc23)cc1. The van der Waals surface area contributed by atoms with Crippen molar-refractivity contribution in [1.29, 1.82) is 0 Å². The Bertz CT molecular complexity index is 2530. The molecule has 210 valence electrons. The van der Waals surface area contributed by atoms with Gasteiger partial charge in [0.2, 0.25) is 0 Å². The smallest absolute Gasteiger partial charge is 0.160 e. The molecule has 3 aromatic heterocycles. The van der Waals surface area contributed by atoms with E-state index in [1.165, 1.54) is 16.5 Å². The molecule has 6 aromatic carbocycles. The largest absolute Gasteiger partial charge is 0.306 e. The third kappa shape index (κ3) is 4.19. The van der Waals surface area contributed by atoms with Crippen LogP contribution in [0.25, 0.3) is 83.3 Å². The molecule has 0 fully saturated rings. The van der Waals surface area contributed by atoms with Gasteiger partial charge < -0.3 is 4.40 Å². The second kappa shape index (κ2) is 10.2. The van der Waals surface area contributed by atoms with E-state index in [1.807, 2.05) is 42.6 Å². The molecule has 0 aliphatic heterocycles. The van der Waals surface area contributed by atoms with E-state index in [-0.39, 0.29) is 0 Å². The first kappa shape index (κ1) is 25.4. The van der Waals surface area contributed by atoms with E-state index in [1.54, 1.807) is 0 Å². The van der Waals surface area contributed by atoms with E-state index < -0.39 is 0 Å². The molecule has 0 N–H and O–H groups in total. The van der Waals surface area contributed by atoms with Gasteiger partial charge in [0.15, 0.2) is 5.82 Å². The standard InChI is InChI=1S/C41H26N4/c1-2-11-28(12-3-1)40-32-15-4-6-17-34(32)43-41(44-40)29-23-21-27(22-24-29)30-13-10-14-31(25-30)39-33-16-5-8-19-36(33)45-37-20-9-7-18-35(37)42-26-38(39)45/h1-26H. The molecule has 0 radical (unpaired) electrons. The summed E-state index contributed by atoms with van der Waals surface area (Å²) in [6.07, 6.45) is 2.01. The monoisotopic (exact) mass is 574 g/mol. The minimum atomic E-state index is 0.722. The number of rotatable bonds is 4. The highest BCUT2D eigenvalue weighted by Gasteiger charge is 2.17. The van der Waals surface area contributed by atoms with Crippen molar-refractivity contribution in [3.63, 3.8) is 0 Å². The second-order valence-electron chi connectivity index (χ2n) is 11.3. The van der Waals surface area contributed by atoms with Crippen LogP contribution in [-0.2, 0) is 0 Å². The van der Waals surface area contributed by atoms with E-state index in [4.69, 9.17) is 15.0 Å². The Morgan fingerprint density at radius 2 is 1.04 bits per heavy atom. The number of para-hydroxylation sites is 4. The average molecular weight is 575 g/mol. The van der Waals surface area contributed by atoms with Gasteiger partial charge in [0.25, 0.3) is 0 Å². The van der Waals surface area contributed by atoms with Crippen molar-refractivity contribution >= 4 is 38.4 Å². The maximum atomic E-state index is 5.05. The molecule has 45 heavy (non-hydrogen) atoms. The lowest BCUT2D eigenvalue weighted by molar-refractivity contribution is 1.23. The Balaban J connectivity index is 1.14. The van der Waals surface area contributed by atoms with Crippen LogP contribution < -0.4 is 0 Å². The Labute approximate surface area is 259 Å². The Kier molecular flexibility index (Phi) is 5.78. The molecule has 0 aliphatic carbocycles. The zero-order valence-electron chi connectivity index (χ0n) is 24.3.